The molecule has 2 rings (SSSR count). The molecule has 10 heteroatoms. The molecule has 1 aliphatic heterocycles. The predicted octanol–water partition coefficient (Wildman–Crippen LogP) is 2.20. The van der Waals surface area contributed by atoms with E-state index in [1.54, 1.807) is 0 Å². The zero-order valence-corrected chi connectivity index (χ0v) is 13.6. The number of nitrogens with one attached hydrogen (secondary N) is 1. The topological polar surface area (TPSA) is 76.6 Å². The molecular weight excluding hydrogens is 329 g/mol. The molecule has 0 bridgehead atoms. The fourth-order valence-corrected chi connectivity index (χ4v) is 2.39. The van der Waals surface area contributed by atoms with Gasteiger partial charge in [-0.15, -0.1) is 0 Å². The van der Waals surface area contributed by atoms with E-state index >= 15 is 0 Å². The van der Waals surface area contributed by atoms with Gasteiger partial charge in [0.1, 0.15) is 12.1 Å². The summed E-state index contributed by atoms with van der Waals surface area (Å²) in [4.78, 5) is 21.2. The number of carbonyl (C=O) groups excluding carboxylic acids is 1. The molecule has 1 N–H and O–H groups in total. The lowest BCUT2D eigenvalue weighted by molar-refractivity contribution is -0.267. The minimum absolute atomic E-state index is 0.0292. The summed E-state index contributed by atoms with van der Waals surface area (Å²) in [6, 6.07) is 0.816. The standard InChI is InChI=1S/C14H19F3N4O3/c1-13(2)7-21(5-10(24-13)14(15,16)17)12(22)20-11-4-9(6-23-3)18-8-19-11/h4,8,10H,5-7H2,1-3H3,(H,18,19,20,22)/t10-/m1/s1. The Morgan fingerprint density at radius 2 is 2.21 bits per heavy atom. The Bertz CT molecular complexity index is 595. The van der Waals surface area contributed by atoms with Crippen LogP contribution in [0.15, 0.2) is 12.4 Å². The molecule has 0 aliphatic carbocycles. The van der Waals surface area contributed by atoms with Crippen LogP contribution in [0.4, 0.5) is 23.8 Å². The number of methoxy groups -OCH3 is 1. The molecule has 2 amide bonds. The van der Waals surface area contributed by atoms with Crippen molar-refractivity contribution in [2.45, 2.75) is 38.3 Å². The Kier molecular flexibility index (Phi) is 5.29. The van der Waals surface area contributed by atoms with E-state index in [0.717, 1.165) is 4.90 Å². The fourth-order valence-electron chi connectivity index (χ4n) is 2.39. The number of hydrogen-bond acceptors (Lipinski definition) is 5. The first-order chi connectivity index (χ1) is 11.1. The SMILES string of the molecule is COCc1cc(NC(=O)N2C[C@H](C(F)(F)F)OC(C)(C)C2)ncn1. The van der Waals surface area contributed by atoms with Gasteiger partial charge in [-0.25, -0.2) is 14.8 Å². The number of amides is 2. The summed E-state index contributed by atoms with van der Waals surface area (Å²) in [6.07, 6.45) is -5.33. The molecule has 0 saturated carbocycles. The highest BCUT2D eigenvalue weighted by Gasteiger charge is 2.49. The van der Waals surface area contributed by atoms with Gasteiger partial charge in [0, 0.05) is 13.2 Å². The Morgan fingerprint density at radius 1 is 1.50 bits per heavy atom. The molecule has 1 aliphatic rings. The van der Waals surface area contributed by atoms with Crippen LogP contribution in [-0.2, 0) is 16.1 Å². The van der Waals surface area contributed by atoms with Crippen molar-refractivity contribution in [2.75, 3.05) is 25.5 Å². The van der Waals surface area contributed by atoms with Crippen molar-refractivity contribution >= 4 is 11.8 Å². The predicted molar refractivity (Wildman–Crippen MR) is 78.3 cm³/mol. The molecule has 1 aromatic heterocycles. The molecule has 2 heterocycles. The molecule has 7 nitrogen and oxygen atoms in total. The molecular formula is C14H19F3N4O3. The van der Waals surface area contributed by atoms with Crippen LogP contribution in [0.5, 0.6) is 0 Å². The van der Waals surface area contributed by atoms with Crippen molar-refractivity contribution in [3.63, 3.8) is 0 Å². The minimum atomic E-state index is -4.54. The second kappa shape index (κ2) is 6.89. The van der Waals surface area contributed by atoms with Crippen LogP contribution < -0.4 is 5.32 Å². The second-order valence-electron chi connectivity index (χ2n) is 6.05. The molecule has 0 spiro atoms. The average Bonchev–Trinajstić information content (AvgIpc) is 2.45. The third kappa shape index (κ3) is 4.78. The number of morpholine rings is 1. The van der Waals surface area contributed by atoms with Crippen LogP contribution in [0.1, 0.15) is 19.5 Å². The van der Waals surface area contributed by atoms with Gasteiger partial charge in [-0.05, 0) is 13.8 Å². The number of nitrogens with zero attached hydrogens (tertiary/aromatic N) is 3. The molecule has 1 atom stereocenters. The zero-order chi connectivity index (χ0) is 18.0. The maximum absolute atomic E-state index is 13.0. The van der Waals surface area contributed by atoms with E-state index in [9.17, 15) is 18.0 Å². The van der Waals surface area contributed by atoms with Crippen LogP contribution in [0.25, 0.3) is 0 Å². The highest BCUT2D eigenvalue weighted by atomic mass is 19.4. The lowest BCUT2D eigenvalue weighted by Gasteiger charge is -2.42. The number of carbonyl (C=O) groups is 1. The number of halogens is 3. The summed E-state index contributed by atoms with van der Waals surface area (Å²) in [5.41, 5.74) is -0.568. The number of hydrogen-bond donors (Lipinski definition) is 1. The highest BCUT2D eigenvalue weighted by molar-refractivity contribution is 5.88. The summed E-state index contributed by atoms with van der Waals surface area (Å²) in [7, 11) is 1.49. The number of rotatable bonds is 3. The summed E-state index contributed by atoms with van der Waals surface area (Å²) in [6.45, 7) is 2.70. The first-order valence-electron chi connectivity index (χ1n) is 7.21. The number of urea groups is 1. The third-order valence-corrected chi connectivity index (χ3v) is 3.32. The van der Waals surface area contributed by atoms with Crippen LogP contribution in [0.2, 0.25) is 0 Å². The van der Waals surface area contributed by atoms with E-state index in [-0.39, 0.29) is 19.0 Å². The normalized spacial score (nSPS) is 20.8. The van der Waals surface area contributed by atoms with Gasteiger partial charge in [0.25, 0.3) is 0 Å². The molecule has 0 aromatic carbocycles. The van der Waals surface area contributed by atoms with Crippen molar-refractivity contribution in [2.24, 2.45) is 0 Å². The Hall–Kier alpha value is -1.94. The molecule has 1 aromatic rings. The molecule has 1 saturated heterocycles. The van der Waals surface area contributed by atoms with Gasteiger partial charge in [-0.2, -0.15) is 13.2 Å². The van der Waals surface area contributed by atoms with Crippen LogP contribution >= 0.6 is 0 Å². The van der Waals surface area contributed by atoms with E-state index < -0.39 is 30.5 Å². The highest BCUT2D eigenvalue weighted by Crippen LogP contribution is 2.31. The largest absolute Gasteiger partial charge is 0.416 e. The molecule has 0 radical (unpaired) electrons. The van der Waals surface area contributed by atoms with Crippen LogP contribution in [0.3, 0.4) is 0 Å². The zero-order valence-electron chi connectivity index (χ0n) is 13.6. The maximum atomic E-state index is 13.0. The Balaban J connectivity index is 2.09. The third-order valence-electron chi connectivity index (χ3n) is 3.32. The van der Waals surface area contributed by atoms with E-state index in [1.807, 2.05) is 0 Å². The Labute approximate surface area is 137 Å². The lowest BCUT2D eigenvalue weighted by atomic mass is 10.1. The quantitative estimate of drug-likeness (QED) is 0.906. The fraction of sp³-hybridized carbons (Fsp3) is 0.643. The summed E-state index contributed by atoms with van der Waals surface area (Å²) in [5.74, 6) is 0.190. The maximum Gasteiger partial charge on any atom is 0.416 e. The van der Waals surface area contributed by atoms with Crippen molar-refractivity contribution in [3.05, 3.63) is 18.1 Å². The van der Waals surface area contributed by atoms with Crippen LogP contribution in [-0.4, -0.2) is 59.0 Å². The molecule has 24 heavy (non-hydrogen) atoms. The summed E-state index contributed by atoms with van der Waals surface area (Å²) in [5, 5.41) is 2.48. The first kappa shape index (κ1) is 18.4. The van der Waals surface area contributed by atoms with Gasteiger partial charge in [0.05, 0.1) is 31.0 Å². The molecule has 0 unspecified atom stereocenters. The van der Waals surface area contributed by atoms with Crippen molar-refractivity contribution in [3.8, 4) is 0 Å². The van der Waals surface area contributed by atoms with Crippen molar-refractivity contribution < 1.29 is 27.4 Å². The lowest BCUT2D eigenvalue weighted by Crippen LogP contribution is -2.59. The number of aromatic nitrogens is 2. The van der Waals surface area contributed by atoms with Gasteiger partial charge in [-0.3, -0.25) is 5.32 Å². The molecule has 134 valence electrons. The van der Waals surface area contributed by atoms with Crippen molar-refractivity contribution in [1.29, 1.82) is 0 Å². The van der Waals surface area contributed by atoms with Crippen LogP contribution in [0, 0.1) is 0 Å². The number of alkyl halides is 3. The van der Waals surface area contributed by atoms with Gasteiger partial charge in [0.15, 0.2) is 6.10 Å². The monoisotopic (exact) mass is 348 g/mol. The van der Waals surface area contributed by atoms with E-state index in [2.05, 4.69) is 15.3 Å². The van der Waals surface area contributed by atoms with E-state index in [1.165, 1.54) is 33.4 Å². The van der Waals surface area contributed by atoms with Gasteiger partial charge in [-0.1, -0.05) is 0 Å². The van der Waals surface area contributed by atoms with Crippen molar-refractivity contribution in [1.82, 2.24) is 14.9 Å². The van der Waals surface area contributed by atoms with E-state index in [4.69, 9.17) is 9.47 Å². The first-order valence-corrected chi connectivity index (χ1v) is 7.21. The van der Waals surface area contributed by atoms with Gasteiger partial charge < -0.3 is 14.4 Å². The number of anilines is 1. The average molecular weight is 348 g/mol. The smallest absolute Gasteiger partial charge is 0.378 e. The Morgan fingerprint density at radius 3 is 2.83 bits per heavy atom. The molecule has 1 fully saturated rings. The van der Waals surface area contributed by atoms with Gasteiger partial charge >= 0.3 is 12.2 Å². The van der Waals surface area contributed by atoms with E-state index in [0.29, 0.717) is 5.69 Å². The number of ether oxygens (including phenoxy) is 2. The minimum Gasteiger partial charge on any atom is -0.378 e. The summed E-state index contributed by atoms with van der Waals surface area (Å²) < 4.78 is 48.9. The van der Waals surface area contributed by atoms with Gasteiger partial charge in [0.2, 0.25) is 0 Å². The summed E-state index contributed by atoms with van der Waals surface area (Å²) >= 11 is 0. The second-order valence-corrected chi connectivity index (χ2v) is 6.05.